The summed E-state index contributed by atoms with van der Waals surface area (Å²) in [6.07, 6.45) is 4.36. The number of H-pyrrole nitrogens is 1. The molecule has 60 valence electrons. The standard InChI is InChI=1S/C8H13N3/c1-5-4-10-8(11-5)7(9)6-2-3-6/h4,6-7H,2-3,9H2,1H3,(H,10,11). The third kappa shape index (κ3) is 1.28. The largest absolute Gasteiger partial charge is 0.345 e. The predicted octanol–water partition coefficient (Wildman–Crippen LogP) is 1.13. The Balaban J connectivity index is 2.14. The van der Waals surface area contributed by atoms with Crippen molar-refractivity contribution < 1.29 is 0 Å². The monoisotopic (exact) mass is 151 g/mol. The van der Waals surface area contributed by atoms with Crippen LogP contribution in [0.25, 0.3) is 0 Å². The first-order valence-electron chi connectivity index (χ1n) is 4.04. The third-order valence-electron chi connectivity index (χ3n) is 2.17. The fraction of sp³-hybridized carbons (Fsp3) is 0.625. The normalized spacial score (nSPS) is 20.2. The van der Waals surface area contributed by atoms with Crippen molar-refractivity contribution in [2.75, 3.05) is 0 Å². The molecular weight excluding hydrogens is 138 g/mol. The maximum absolute atomic E-state index is 5.92. The SMILES string of the molecule is Cc1cnc(C(N)C2CC2)[nH]1. The Hall–Kier alpha value is -0.830. The van der Waals surface area contributed by atoms with Crippen LogP contribution in [0, 0.1) is 12.8 Å². The van der Waals surface area contributed by atoms with Gasteiger partial charge < -0.3 is 10.7 Å². The van der Waals surface area contributed by atoms with Crippen molar-refractivity contribution in [3.05, 3.63) is 17.7 Å². The highest BCUT2D eigenvalue weighted by atomic mass is 15.0. The van der Waals surface area contributed by atoms with Crippen LogP contribution in [0.3, 0.4) is 0 Å². The Morgan fingerprint density at radius 2 is 2.45 bits per heavy atom. The number of hydrogen-bond donors (Lipinski definition) is 2. The van der Waals surface area contributed by atoms with Crippen LogP contribution >= 0.6 is 0 Å². The highest BCUT2D eigenvalue weighted by molar-refractivity contribution is 5.05. The van der Waals surface area contributed by atoms with Gasteiger partial charge in [0.1, 0.15) is 5.82 Å². The first-order chi connectivity index (χ1) is 5.27. The molecule has 1 aromatic heterocycles. The van der Waals surface area contributed by atoms with Gasteiger partial charge in [-0.3, -0.25) is 0 Å². The number of aromatic nitrogens is 2. The lowest BCUT2D eigenvalue weighted by Crippen LogP contribution is -2.13. The highest BCUT2D eigenvalue weighted by Gasteiger charge is 2.30. The average Bonchev–Trinajstić information content (AvgIpc) is 2.74. The second-order valence-electron chi connectivity index (χ2n) is 3.31. The molecule has 0 amide bonds. The van der Waals surface area contributed by atoms with Crippen LogP contribution in [0.4, 0.5) is 0 Å². The molecule has 0 aliphatic heterocycles. The van der Waals surface area contributed by atoms with Crippen LogP contribution in [-0.2, 0) is 0 Å². The molecule has 1 heterocycles. The van der Waals surface area contributed by atoms with Crippen LogP contribution in [0.5, 0.6) is 0 Å². The molecule has 0 radical (unpaired) electrons. The molecule has 1 fully saturated rings. The van der Waals surface area contributed by atoms with Gasteiger partial charge in [0, 0.05) is 11.9 Å². The van der Waals surface area contributed by atoms with E-state index in [1.54, 1.807) is 0 Å². The van der Waals surface area contributed by atoms with E-state index in [1.807, 2.05) is 13.1 Å². The van der Waals surface area contributed by atoms with Crippen molar-refractivity contribution in [3.8, 4) is 0 Å². The van der Waals surface area contributed by atoms with Gasteiger partial charge in [-0.2, -0.15) is 0 Å². The summed E-state index contributed by atoms with van der Waals surface area (Å²) >= 11 is 0. The van der Waals surface area contributed by atoms with E-state index < -0.39 is 0 Å². The summed E-state index contributed by atoms with van der Waals surface area (Å²) in [7, 11) is 0. The second kappa shape index (κ2) is 2.34. The molecule has 1 aliphatic rings. The number of nitrogens with one attached hydrogen (secondary N) is 1. The van der Waals surface area contributed by atoms with Gasteiger partial charge >= 0.3 is 0 Å². The summed E-state index contributed by atoms with van der Waals surface area (Å²) in [6.45, 7) is 2.00. The van der Waals surface area contributed by atoms with Gasteiger partial charge in [0.15, 0.2) is 0 Å². The number of nitrogens with zero attached hydrogens (tertiary/aromatic N) is 1. The molecule has 3 nitrogen and oxygen atoms in total. The van der Waals surface area contributed by atoms with Crippen molar-refractivity contribution in [2.45, 2.75) is 25.8 Å². The molecule has 11 heavy (non-hydrogen) atoms. The summed E-state index contributed by atoms with van der Waals surface area (Å²) < 4.78 is 0. The number of imidazole rings is 1. The summed E-state index contributed by atoms with van der Waals surface area (Å²) in [5.41, 5.74) is 7.01. The lowest BCUT2D eigenvalue weighted by molar-refractivity contribution is 0.599. The molecule has 3 N–H and O–H groups in total. The Morgan fingerprint density at radius 3 is 2.91 bits per heavy atom. The molecule has 1 aliphatic carbocycles. The zero-order chi connectivity index (χ0) is 7.84. The van der Waals surface area contributed by atoms with Crippen molar-refractivity contribution >= 4 is 0 Å². The van der Waals surface area contributed by atoms with Gasteiger partial charge in [0.25, 0.3) is 0 Å². The number of aromatic amines is 1. The summed E-state index contributed by atoms with van der Waals surface area (Å²) in [6, 6.07) is 0.142. The maximum atomic E-state index is 5.92. The lowest BCUT2D eigenvalue weighted by atomic mass is 10.2. The zero-order valence-corrected chi connectivity index (χ0v) is 6.67. The highest BCUT2D eigenvalue weighted by Crippen LogP contribution is 2.38. The quantitative estimate of drug-likeness (QED) is 0.665. The van der Waals surface area contributed by atoms with Gasteiger partial charge in [-0.15, -0.1) is 0 Å². The molecule has 0 bridgehead atoms. The van der Waals surface area contributed by atoms with Crippen LogP contribution in [-0.4, -0.2) is 9.97 Å². The molecule has 1 atom stereocenters. The molecule has 0 aromatic carbocycles. The average molecular weight is 151 g/mol. The van der Waals surface area contributed by atoms with Gasteiger partial charge in [0.2, 0.25) is 0 Å². The second-order valence-corrected chi connectivity index (χ2v) is 3.31. The van der Waals surface area contributed by atoms with Crippen molar-refractivity contribution in [2.24, 2.45) is 11.7 Å². The molecule has 1 unspecified atom stereocenters. The number of aryl methyl sites for hydroxylation is 1. The zero-order valence-electron chi connectivity index (χ0n) is 6.67. The number of nitrogens with two attached hydrogens (primary N) is 1. The Bertz CT molecular complexity index is 250. The van der Waals surface area contributed by atoms with Crippen molar-refractivity contribution in [3.63, 3.8) is 0 Å². The Kier molecular flexibility index (Phi) is 1.46. The Labute approximate surface area is 66.0 Å². The summed E-state index contributed by atoms with van der Waals surface area (Å²) in [5, 5.41) is 0. The summed E-state index contributed by atoms with van der Waals surface area (Å²) in [5.74, 6) is 1.63. The summed E-state index contributed by atoms with van der Waals surface area (Å²) in [4.78, 5) is 7.36. The first-order valence-corrected chi connectivity index (χ1v) is 4.04. The van der Waals surface area contributed by atoms with E-state index in [0.717, 1.165) is 11.5 Å². The molecule has 1 aromatic rings. The molecule has 2 rings (SSSR count). The van der Waals surface area contributed by atoms with Crippen LogP contribution < -0.4 is 5.73 Å². The Morgan fingerprint density at radius 1 is 1.73 bits per heavy atom. The lowest BCUT2D eigenvalue weighted by Gasteiger charge is -2.04. The minimum Gasteiger partial charge on any atom is -0.345 e. The minimum atomic E-state index is 0.142. The van der Waals surface area contributed by atoms with Gasteiger partial charge in [-0.1, -0.05) is 0 Å². The fourth-order valence-electron chi connectivity index (χ4n) is 1.28. The maximum Gasteiger partial charge on any atom is 0.123 e. The fourth-order valence-corrected chi connectivity index (χ4v) is 1.28. The number of rotatable bonds is 2. The van der Waals surface area contributed by atoms with Crippen molar-refractivity contribution in [1.82, 2.24) is 9.97 Å². The molecular formula is C8H13N3. The topological polar surface area (TPSA) is 54.7 Å². The van der Waals surface area contributed by atoms with Crippen LogP contribution in [0.1, 0.15) is 30.4 Å². The van der Waals surface area contributed by atoms with Crippen LogP contribution in [0.2, 0.25) is 0 Å². The van der Waals surface area contributed by atoms with E-state index in [1.165, 1.54) is 12.8 Å². The van der Waals surface area contributed by atoms with E-state index in [4.69, 9.17) is 5.73 Å². The molecule has 0 saturated heterocycles. The molecule has 0 spiro atoms. The van der Waals surface area contributed by atoms with E-state index in [9.17, 15) is 0 Å². The molecule has 3 heteroatoms. The van der Waals surface area contributed by atoms with Gasteiger partial charge in [-0.25, -0.2) is 4.98 Å². The van der Waals surface area contributed by atoms with Gasteiger partial charge in [-0.05, 0) is 25.7 Å². The van der Waals surface area contributed by atoms with E-state index in [0.29, 0.717) is 5.92 Å². The van der Waals surface area contributed by atoms with Crippen LogP contribution in [0.15, 0.2) is 6.20 Å². The van der Waals surface area contributed by atoms with Gasteiger partial charge in [0.05, 0.1) is 6.04 Å². The van der Waals surface area contributed by atoms with E-state index in [-0.39, 0.29) is 6.04 Å². The minimum absolute atomic E-state index is 0.142. The van der Waals surface area contributed by atoms with E-state index in [2.05, 4.69) is 9.97 Å². The number of hydrogen-bond acceptors (Lipinski definition) is 2. The third-order valence-corrected chi connectivity index (χ3v) is 2.17. The molecule has 1 saturated carbocycles. The first kappa shape index (κ1) is 6.85. The predicted molar refractivity (Wildman–Crippen MR) is 43.0 cm³/mol. The smallest absolute Gasteiger partial charge is 0.123 e. The van der Waals surface area contributed by atoms with E-state index >= 15 is 0 Å². The van der Waals surface area contributed by atoms with Crippen molar-refractivity contribution in [1.29, 1.82) is 0 Å².